The molecule has 0 spiro atoms. The maximum atomic E-state index is 6.94. The van der Waals surface area contributed by atoms with Gasteiger partial charge in [-0.25, -0.2) is 0 Å². The van der Waals surface area contributed by atoms with Crippen LogP contribution in [-0.2, 0) is 0 Å². The van der Waals surface area contributed by atoms with E-state index < -0.39 is 0 Å². The van der Waals surface area contributed by atoms with Crippen molar-refractivity contribution in [2.24, 2.45) is 0 Å². The predicted octanol–water partition coefficient (Wildman–Crippen LogP) is 22.8. The molecule has 19 rings (SSSR count). The average molecular weight is 1110 g/mol. The molecular formula is C80H48N4O3. The van der Waals surface area contributed by atoms with Crippen molar-refractivity contribution in [2.45, 2.75) is 0 Å². The standard InChI is InChI=1S/C80H48N4O3/c1-5-21-51(22-6-1)81(67-31-17-33-69-77(67)61-39-35-49-19-13-15-29-57(49)79(61)83(69)53-25-9-3-10-26-53)55-37-41-59-63-45-75-65(47-73(63)85-71(59)43-55)66-48-74-64(46-76(66)87-75)60-42-38-56(44-72(60)86-74)82(52-23-7-2-8-24-52)68-32-18-34-70-78(68)62-40-36-50-20-14-16-30-58(50)80(62)84(70)54-27-11-4-12-28-54/h1-48H. The van der Waals surface area contributed by atoms with E-state index in [1.165, 1.54) is 54.1 Å². The molecule has 0 aliphatic rings. The molecule has 19 aromatic rings. The number of hydrogen-bond acceptors (Lipinski definition) is 5. The van der Waals surface area contributed by atoms with Crippen molar-refractivity contribution in [1.82, 2.24) is 9.13 Å². The smallest absolute Gasteiger partial charge is 0.137 e. The molecule has 14 aromatic carbocycles. The number of rotatable bonds is 8. The lowest BCUT2D eigenvalue weighted by Gasteiger charge is -2.26. The lowest BCUT2D eigenvalue weighted by Crippen LogP contribution is -2.10. The molecule has 0 aliphatic heterocycles. The summed E-state index contributed by atoms with van der Waals surface area (Å²) in [7, 11) is 0. The normalized spacial score (nSPS) is 12.1. The molecule has 87 heavy (non-hydrogen) atoms. The summed E-state index contributed by atoms with van der Waals surface area (Å²) in [5, 5.41) is 15.5. The second-order valence-electron chi connectivity index (χ2n) is 22.7. The Morgan fingerprint density at radius 1 is 0.230 bits per heavy atom. The van der Waals surface area contributed by atoms with Gasteiger partial charge in [-0.15, -0.1) is 0 Å². The van der Waals surface area contributed by atoms with Gasteiger partial charge in [0.2, 0.25) is 0 Å². The molecule has 0 saturated heterocycles. The molecule has 0 N–H and O–H groups in total. The van der Waals surface area contributed by atoms with Gasteiger partial charge in [-0.1, -0.05) is 158 Å². The van der Waals surface area contributed by atoms with E-state index in [2.05, 4.69) is 310 Å². The van der Waals surface area contributed by atoms with Crippen LogP contribution in [0.4, 0.5) is 34.1 Å². The molecule has 0 unspecified atom stereocenters. The van der Waals surface area contributed by atoms with Crippen molar-refractivity contribution >= 4 is 165 Å². The van der Waals surface area contributed by atoms with Crippen molar-refractivity contribution in [1.29, 1.82) is 0 Å². The number of benzene rings is 14. The summed E-state index contributed by atoms with van der Waals surface area (Å²) in [6.45, 7) is 0. The van der Waals surface area contributed by atoms with Crippen LogP contribution >= 0.6 is 0 Å². The van der Waals surface area contributed by atoms with Crippen molar-refractivity contribution < 1.29 is 13.3 Å². The van der Waals surface area contributed by atoms with Gasteiger partial charge >= 0.3 is 0 Å². The molecular weight excluding hydrogens is 1060 g/mol. The summed E-state index contributed by atoms with van der Waals surface area (Å²) in [6.07, 6.45) is 0. The first-order valence-corrected chi connectivity index (χ1v) is 29.6. The Bertz CT molecular complexity index is 5650. The topological polar surface area (TPSA) is 55.8 Å². The molecule has 0 fully saturated rings. The van der Waals surface area contributed by atoms with E-state index in [0.29, 0.717) is 0 Å². The number of anilines is 6. The number of hydrogen-bond donors (Lipinski definition) is 0. The Morgan fingerprint density at radius 3 is 0.989 bits per heavy atom. The van der Waals surface area contributed by atoms with Crippen LogP contribution in [-0.4, -0.2) is 9.13 Å². The molecule has 5 aromatic heterocycles. The second-order valence-corrected chi connectivity index (χ2v) is 22.7. The van der Waals surface area contributed by atoms with Crippen molar-refractivity contribution in [3.63, 3.8) is 0 Å². The largest absolute Gasteiger partial charge is 0.456 e. The van der Waals surface area contributed by atoms with Crippen LogP contribution in [0.15, 0.2) is 304 Å². The van der Waals surface area contributed by atoms with E-state index in [1.54, 1.807) is 0 Å². The fourth-order valence-corrected chi connectivity index (χ4v) is 14.3. The van der Waals surface area contributed by atoms with Gasteiger partial charge in [0.1, 0.15) is 33.5 Å². The summed E-state index contributed by atoms with van der Waals surface area (Å²) in [5.74, 6) is 0. The fourth-order valence-electron chi connectivity index (χ4n) is 14.3. The third-order valence-corrected chi connectivity index (χ3v) is 18.0. The molecule has 7 heteroatoms. The molecule has 0 amide bonds. The van der Waals surface area contributed by atoms with Gasteiger partial charge in [-0.05, 0) is 132 Å². The van der Waals surface area contributed by atoms with E-state index in [1.807, 2.05) is 0 Å². The van der Waals surface area contributed by atoms with E-state index in [0.717, 1.165) is 122 Å². The predicted molar refractivity (Wildman–Crippen MR) is 361 cm³/mol. The highest BCUT2D eigenvalue weighted by atomic mass is 16.3. The number of fused-ring (bicyclic) bond motifs is 19. The molecule has 0 atom stereocenters. The molecule has 5 heterocycles. The number of nitrogens with zero attached hydrogens (tertiary/aromatic N) is 4. The quantitative estimate of drug-likeness (QED) is 0.152. The molecule has 7 nitrogen and oxygen atoms in total. The SMILES string of the molecule is c1ccc(N(c2ccc3c(c2)oc2cc4c(cc23)oc2cc3c(cc24)oc2cc(N(c4ccccc4)c4cccc5c4c4ccc6ccccc6c4n5-c4ccccc4)ccc23)c2cccc3c2c2ccc4ccccc4c2n3-c2ccccc2)cc1. The minimum Gasteiger partial charge on any atom is -0.456 e. The Hall–Kier alpha value is -11.8. The first-order chi connectivity index (χ1) is 43.1. The highest BCUT2D eigenvalue weighted by Gasteiger charge is 2.26. The van der Waals surface area contributed by atoms with Crippen LogP contribution in [0.1, 0.15) is 0 Å². The summed E-state index contributed by atoms with van der Waals surface area (Å²) in [4.78, 5) is 4.74. The van der Waals surface area contributed by atoms with Crippen LogP contribution in [0.2, 0.25) is 0 Å². The molecule has 0 saturated carbocycles. The lowest BCUT2D eigenvalue weighted by molar-refractivity contribution is 0.662. The van der Waals surface area contributed by atoms with Crippen LogP contribution in [0.25, 0.3) is 142 Å². The molecule has 0 bridgehead atoms. The van der Waals surface area contributed by atoms with Crippen LogP contribution in [0, 0.1) is 0 Å². The fraction of sp³-hybridized carbons (Fsp3) is 0. The van der Waals surface area contributed by atoms with E-state index in [-0.39, 0.29) is 0 Å². The third-order valence-electron chi connectivity index (χ3n) is 18.0. The van der Waals surface area contributed by atoms with Crippen molar-refractivity contribution in [2.75, 3.05) is 9.80 Å². The maximum Gasteiger partial charge on any atom is 0.137 e. The molecule has 0 radical (unpaired) electrons. The number of furan rings is 3. The highest BCUT2D eigenvalue weighted by Crippen LogP contribution is 2.50. The first-order valence-electron chi connectivity index (χ1n) is 29.6. The summed E-state index contributed by atoms with van der Waals surface area (Å²) in [5.41, 5.74) is 17.8. The van der Waals surface area contributed by atoms with Gasteiger partial charge in [0, 0.05) is 111 Å². The molecule has 406 valence electrons. The van der Waals surface area contributed by atoms with Gasteiger partial charge in [0.15, 0.2) is 0 Å². The van der Waals surface area contributed by atoms with Gasteiger partial charge in [-0.3, -0.25) is 0 Å². The Kier molecular flexibility index (Phi) is 10.1. The van der Waals surface area contributed by atoms with Gasteiger partial charge in [0.25, 0.3) is 0 Å². The average Bonchev–Trinajstić information content (AvgIpc) is 1.64. The van der Waals surface area contributed by atoms with E-state index in [4.69, 9.17) is 13.3 Å². The van der Waals surface area contributed by atoms with E-state index in [9.17, 15) is 0 Å². The van der Waals surface area contributed by atoms with Gasteiger partial charge < -0.3 is 32.2 Å². The van der Waals surface area contributed by atoms with E-state index >= 15 is 0 Å². The van der Waals surface area contributed by atoms with Crippen LogP contribution in [0.3, 0.4) is 0 Å². The summed E-state index contributed by atoms with van der Waals surface area (Å²) in [6, 6.07) is 104. The second kappa shape index (κ2) is 18.3. The minimum absolute atomic E-state index is 0.786. The Balaban J connectivity index is 0.739. The lowest BCUT2D eigenvalue weighted by atomic mass is 10.0. The van der Waals surface area contributed by atoms with Crippen LogP contribution < -0.4 is 9.80 Å². The van der Waals surface area contributed by atoms with Gasteiger partial charge in [0.05, 0.1) is 33.4 Å². The minimum atomic E-state index is 0.786. The van der Waals surface area contributed by atoms with Crippen molar-refractivity contribution in [3.8, 4) is 11.4 Å². The third kappa shape index (κ3) is 7.05. The Morgan fingerprint density at radius 2 is 0.575 bits per heavy atom. The number of aromatic nitrogens is 2. The van der Waals surface area contributed by atoms with Gasteiger partial charge in [-0.2, -0.15) is 0 Å². The zero-order valence-corrected chi connectivity index (χ0v) is 46.7. The Labute approximate surface area is 497 Å². The number of para-hydroxylation sites is 4. The molecule has 0 aliphatic carbocycles. The summed E-state index contributed by atoms with van der Waals surface area (Å²) < 4.78 is 25.6. The van der Waals surface area contributed by atoms with Crippen LogP contribution in [0.5, 0.6) is 0 Å². The zero-order chi connectivity index (χ0) is 56.8. The maximum absolute atomic E-state index is 6.94. The highest BCUT2D eigenvalue weighted by molar-refractivity contribution is 6.25. The monoisotopic (exact) mass is 1110 g/mol. The van der Waals surface area contributed by atoms with Crippen molar-refractivity contribution in [3.05, 3.63) is 291 Å². The summed E-state index contributed by atoms with van der Waals surface area (Å²) >= 11 is 0. The zero-order valence-electron chi connectivity index (χ0n) is 46.7. The first kappa shape index (κ1) is 47.7.